The summed E-state index contributed by atoms with van der Waals surface area (Å²) in [6, 6.07) is 9.16. The molecule has 0 unspecified atom stereocenters. The van der Waals surface area contributed by atoms with Gasteiger partial charge in [0.15, 0.2) is 0 Å². The summed E-state index contributed by atoms with van der Waals surface area (Å²) in [7, 11) is 0. The van der Waals surface area contributed by atoms with Crippen LogP contribution in [0, 0.1) is 4.91 Å². The molecule has 0 aromatic heterocycles. The number of amides is 1. The Labute approximate surface area is 93.6 Å². The van der Waals surface area contributed by atoms with Crippen LogP contribution < -0.4 is 0 Å². The predicted molar refractivity (Wildman–Crippen MR) is 59.7 cm³/mol. The molecule has 0 atom stereocenters. The fraction of sp³-hybridized carbons (Fsp3) is 0.364. The van der Waals surface area contributed by atoms with Crippen LogP contribution in [0.5, 0.6) is 0 Å². The first kappa shape index (κ1) is 10.6. The van der Waals surface area contributed by atoms with Crippen molar-refractivity contribution in [2.45, 2.75) is 0 Å². The number of benzene rings is 1. The van der Waals surface area contributed by atoms with Crippen LogP contribution in [0.15, 0.2) is 35.6 Å². The van der Waals surface area contributed by atoms with Crippen molar-refractivity contribution in [2.24, 2.45) is 5.29 Å². The number of carbonyl (C=O) groups is 1. The van der Waals surface area contributed by atoms with Crippen molar-refractivity contribution >= 4 is 5.91 Å². The molecule has 1 aliphatic rings. The van der Waals surface area contributed by atoms with Crippen molar-refractivity contribution in [3.8, 4) is 0 Å². The molecule has 0 aliphatic carbocycles. The van der Waals surface area contributed by atoms with Crippen molar-refractivity contribution < 1.29 is 4.79 Å². The van der Waals surface area contributed by atoms with E-state index in [1.54, 1.807) is 17.0 Å². The Morgan fingerprint density at radius 2 is 1.69 bits per heavy atom. The lowest BCUT2D eigenvalue weighted by Crippen LogP contribution is -2.46. The summed E-state index contributed by atoms with van der Waals surface area (Å²) in [6.45, 7) is 2.14. The van der Waals surface area contributed by atoms with Gasteiger partial charge in [0.1, 0.15) is 0 Å². The van der Waals surface area contributed by atoms with Crippen LogP contribution in [0.4, 0.5) is 0 Å². The third-order valence-electron chi connectivity index (χ3n) is 2.68. The fourth-order valence-corrected chi connectivity index (χ4v) is 1.74. The minimum atomic E-state index is 0.0196. The van der Waals surface area contributed by atoms with Gasteiger partial charge in [-0.05, 0) is 12.1 Å². The van der Waals surface area contributed by atoms with Crippen LogP contribution in [0.3, 0.4) is 0 Å². The highest BCUT2D eigenvalue weighted by molar-refractivity contribution is 5.94. The summed E-state index contributed by atoms with van der Waals surface area (Å²) in [6.07, 6.45) is 0. The zero-order valence-corrected chi connectivity index (χ0v) is 8.87. The zero-order valence-electron chi connectivity index (χ0n) is 8.87. The molecule has 5 nitrogen and oxygen atoms in total. The minimum absolute atomic E-state index is 0.0196. The summed E-state index contributed by atoms with van der Waals surface area (Å²) in [4.78, 5) is 24.0. The molecule has 5 heteroatoms. The number of nitroso groups, excluding NO2 is 1. The molecule has 1 amide bonds. The predicted octanol–water partition coefficient (Wildman–Crippen LogP) is 1.13. The van der Waals surface area contributed by atoms with Crippen molar-refractivity contribution in [3.63, 3.8) is 0 Å². The lowest BCUT2D eigenvalue weighted by Gasteiger charge is -2.31. The van der Waals surface area contributed by atoms with Crippen molar-refractivity contribution in [3.05, 3.63) is 40.8 Å². The van der Waals surface area contributed by atoms with Crippen LogP contribution in [-0.2, 0) is 0 Å². The van der Waals surface area contributed by atoms with E-state index in [2.05, 4.69) is 5.29 Å². The van der Waals surface area contributed by atoms with E-state index in [0.29, 0.717) is 31.7 Å². The average Bonchev–Trinajstić information content (AvgIpc) is 2.39. The highest BCUT2D eigenvalue weighted by Crippen LogP contribution is 2.08. The first-order valence-electron chi connectivity index (χ1n) is 5.24. The van der Waals surface area contributed by atoms with Crippen molar-refractivity contribution in [2.75, 3.05) is 26.2 Å². The van der Waals surface area contributed by atoms with E-state index >= 15 is 0 Å². The first-order chi connectivity index (χ1) is 7.81. The van der Waals surface area contributed by atoms with Crippen molar-refractivity contribution in [1.29, 1.82) is 0 Å². The average molecular weight is 219 g/mol. The summed E-state index contributed by atoms with van der Waals surface area (Å²) < 4.78 is 0. The summed E-state index contributed by atoms with van der Waals surface area (Å²) in [5.74, 6) is 0.0196. The van der Waals surface area contributed by atoms with E-state index in [-0.39, 0.29) is 5.91 Å². The molecule has 1 heterocycles. The van der Waals surface area contributed by atoms with Gasteiger partial charge >= 0.3 is 0 Å². The van der Waals surface area contributed by atoms with E-state index in [4.69, 9.17) is 0 Å². The lowest BCUT2D eigenvalue weighted by molar-refractivity contribution is 0.0639. The lowest BCUT2D eigenvalue weighted by atomic mass is 10.2. The molecule has 16 heavy (non-hydrogen) atoms. The van der Waals surface area contributed by atoms with Crippen molar-refractivity contribution in [1.82, 2.24) is 9.91 Å². The molecule has 1 saturated heterocycles. The van der Waals surface area contributed by atoms with Gasteiger partial charge in [-0.25, -0.2) is 0 Å². The van der Waals surface area contributed by atoms with E-state index < -0.39 is 0 Å². The van der Waals surface area contributed by atoms with Crippen LogP contribution in [0.25, 0.3) is 0 Å². The topological polar surface area (TPSA) is 53.0 Å². The van der Waals surface area contributed by atoms with Crippen LogP contribution >= 0.6 is 0 Å². The molecule has 1 aromatic rings. The normalized spacial score (nSPS) is 16.0. The molecule has 1 aromatic carbocycles. The third-order valence-corrected chi connectivity index (χ3v) is 2.68. The van der Waals surface area contributed by atoms with Gasteiger partial charge in [-0.3, -0.25) is 9.80 Å². The number of nitrogens with zero attached hydrogens (tertiary/aromatic N) is 3. The van der Waals surface area contributed by atoms with Gasteiger partial charge in [0.05, 0.1) is 18.4 Å². The number of hydrogen-bond acceptors (Lipinski definition) is 3. The highest BCUT2D eigenvalue weighted by Gasteiger charge is 2.21. The van der Waals surface area contributed by atoms with Gasteiger partial charge in [-0.2, -0.15) is 0 Å². The van der Waals surface area contributed by atoms with Gasteiger partial charge in [0.2, 0.25) is 0 Å². The maximum atomic E-state index is 12.0. The molecule has 1 fully saturated rings. The van der Waals surface area contributed by atoms with E-state index in [1.165, 1.54) is 5.01 Å². The second-order valence-electron chi connectivity index (χ2n) is 3.69. The van der Waals surface area contributed by atoms with Gasteiger partial charge < -0.3 is 4.90 Å². The SMILES string of the molecule is O=NN1CCN(C(=O)c2ccccc2)CC1. The minimum Gasteiger partial charge on any atom is -0.335 e. The number of carbonyl (C=O) groups excluding carboxylic acids is 1. The fourth-order valence-electron chi connectivity index (χ4n) is 1.74. The second kappa shape index (κ2) is 4.74. The second-order valence-corrected chi connectivity index (χ2v) is 3.69. The zero-order chi connectivity index (χ0) is 11.4. The Balaban J connectivity index is 1.99. The van der Waals surface area contributed by atoms with Gasteiger partial charge in [-0.1, -0.05) is 18.2 Å². The van der Waals surface area contributed by atoms with Gasteiger partial charge in [0, 0.05) is 18.7 Å². The maximum Gasteiger partial charge on any atom is 0.253 e. The van der Waals surface area contributed by atoms with Crippen LogP contribution in [0.2, 0.25) is 0 Å². The monoisotopic (exact) mass is 219 g/mol. The van der Waals surface area contributed by atoms with Gasteiger partial charge in [0.25, 0.3) is 5.91 Å². The Kier molecular flexibility index (Phi) is 3.14. The molecule has 84 valence electrons. The summed E-state index contributed by atoms with van der Waals surface area (Å²) in [5, 5.41) is 4.30. The smallest absolute Gasteiger partial charge is 0.253 e. The van der Waals surface area contributed by atoms with Gasteiger partial charge in [-0.15, -0.1) is 4.91 Å². The molecular formula is C11H13N3O2. The Hall–Kier alpha value is -1.91. The van der Waals surface area contributed by atoms with E-state index in [1.807, 2.05) is 18.2 Å². The molecule has 0 radical (unpaired) electrons. The number of hydrogen-bond donors (Lipinski definition) is 0. The first-order valence-corrected chi connectivity index (χ1v) is 5.24. The standard InChI is InChI=1S/C11H13N3O2/c15-11(10-4-2-1-3-5-10)13-6-8-14(12-16)9-7-13/h1-5H,6-9H2. The largest absolute Gasteiger partial charge is 0.335 e. The quantitative estimate of drug-likeness (QED) is 0.700. The molecule has 2 rings (SSSR count). The highest BCUT2D eigenvalue weighted by atomic mass is 16.3. The maximum absolute atomic E-state index is 12.0. The third kappa shape index (κ3) is 2.18. The molecule has 0 saturated carbocycles. The molecule has 0 bridgehead atoms. The van der Waals surface area contributed by atoms with Crippen LogP contribution in [0.1, 0.15) is 10.4 Å². The summed E-state index contributed by atoms with van der Waals surface area (Å²) >= 11 is 0. The van der Waals surface area contributed by atoms with E-state index in [0.717, 1.165) is 0 Å². The Morgan fingerprint density at radius 3 is 2.25 bits per heavy atom. The Morgan fingerprint density at radius 1 is 1.06 bits per heavy atom. The molecule has 1 aliphatic heterocycles. The number of piperazine rings is 1. The molecule has 0 spiro atoms. The van der Waals surface area contributed by atoms with Crippen LogP contribution in [-0.4, -0.2) is 42.0 Å². The molecule has 0 N–H and O–H groups in total. The number of rotatable bonds is 2. The van der Waals surface area contributed by atoms with E-state index in [9.17, 15) is 9.70 Å². The summed E-state index contributed by atoms with van der Waals surface area (Å²) in [5.41, 5.74) is 0.690. The molecular weight excluding hydrogens is 206 g/mol. The Bertz CT molecular complexity index is 372.